The van der Waals surface area contributed by atoms with Crippen molar-refractivity contribution in [2.24, 2.45) is 0 Å². The summed E-state index contributed by atoms with van der Waals surface area (Å²) < 4.78 is 22.9. The number of urea groups is 1. The van der Waals surface area contributed by atoms with Gasteiger partial charge in [0.25, 0.3) is 0 Å². The van der Waals surface area contributed by atoms with Crippen molar-refractivity contribution in [3.63, 3.8) is 0 Å². The molecule has 6 heteroatoms. The summed E-state index contributed by atoms with van der Waals surface area (Å²) in [6.45, 7) is 2.54. The van der Waals surface area contributed by atoms with Gasteiger partial charge in [0.05, 0.1) is 17.5 Å². The van der Waals surface area contributed by atoms with Crippen LogP contribution in [-0.2, 0) is 22.7 Å². The van der Waals surface area contributed by atoms with Crippen molar-refractivity contribution in [1.82, 2.24) is 10.2 Å². The molecule has 0 spiro atoms. The van der Waals surface area contributed by atoms with Gasteiger partial charge in [-0.05, 0) is 49.3 Å². The SMILES string of the molecule is C[C@@H](NC(=O)N1CCS(=O)(=O)CC1)c1ccc2c(c1)CCCC2. The number of rotatable bonds is 2. The highest BCUT2D eigenvalue weighted by atomic mass is 32.2. The predicted octanol–water partition coefficient (Wildman–Crippen LogP) is 2.07. The molecule has 1 saturated heterocycles. The molecule has 0 radical (unpaired) electrons. The summed E-state index contributed by atoms with van der Waals surface area (Å²) in [5, 5.41) is 2.99. The van der Waals surface area contributed by atoms with Crippen LogP contribution in [0.3, 0.4) is 0 Å². The van der Waals surface area contributed by atoms with E-state index in [0.717, 1.165) is 18.4 Å². The van der Waals surface area contributed by atoms with E-state index >= 15 is 0 Å². The number of amides is 2. The minimum absolute atomic E-state index is 0.0631. The van der Waals surface area contributed by atoms with Crippen LogP contribution >= 0.6 is 0 Å². The molecular weight excluding hydrogens is 312 g/mol. The Bertz CT molecular complexity index is 686. The highest BCUT2D eigenvalue weighted by Crippen LogP contribution is 2.24. The molecule has 1 N–H and O–H groups in total. The van der Waals surface area contributed by atoms with Gasteiger partial charge in [0, 0.05) is 13.1 Å². The molecule has 1 atom stereocenters. The second-order valence-corrected chi connectivity index (χ2v) is 8.85. The molecular formula is C17H24N2O3S. The maximum absolute atomic E-state index is 12.3. The molecule has 3 rings (SSSR count). The Morgan fingerprint density at radius 1 is 1.13 bits per heavy atom. The van der Waals surface area contributed by atoms with Gasteiger partial charge in [-0.25, -0.2) is 13.2 Å². The fraction of sp³-hybridized carbons (Fsp3) is 0.588. The first kappa shape index (κ1) is 16.3. The monoisotopic (exact) mass is 336 g/mol. The van der Waals surface area contributed by atoms with Crippen LogP contribution in [0.2, 0.25) is 0 Å². The van der Waals surface area contributed by atoms with Gasteiger partial charge in [0.1, 0.15) is 0 Å². The van der Waals surface area contributed by atoms with E-state index in [2.05, 4.69) is 23.5 Å². The summed E-state index contributed by atoms with van der Waals surface area (Å²) in [6.07, 6.45) is 4.77. The minimum atomic E-state index is -2.96. The van der Waals surface area contributed by atoms with Gasteiger partial charge in [-0.15, -0.1) is 0 Å². The van der Waals surface area contributed by atoms with Crippen molar-refractivity contribution in [3.8, 4) is 0 Å². The molecule has 1 aliphatic heterocycles. The fourth-order valence-electron chi connectivity index (χ4n) is 3.30. The van der Waals surface area contributed by atoms with Crippen LogP contribution < -0.4 is 5.32 Å². The van der Waals surface area contributed by atoms with Gasteiger partial charge < -0.3 is 10.2 Å². The number of hydrogen-bond donors (Lipinski definition) is 1. The molecule has 5 nitrogen and oxygen atoms in total. The average molecular weight is 336 g/mol. The number of nitrogens with one attached hydrogen (secondary N) is 1. The molecule has 2 amide bonds. The zero-order chi connectivity index (χ0) is 16.4. The summed E-state index contributed by atoms with van der Waals surface area (Å²) in [4.78, 5) is 13.9. The zero-order valence-electron chi connectivity index (χ0n) is 13.5. The molecule has 0 saturated carbocycles. The first-order chi connectivity index (χ1) is 10.9. The second kappa shape index (κ2) is 6.51. The molecule has 0 unspecified atom stereocenters. The van der Waals surface area contributed by atoms with Gasteiger partial charge in [0.15, 0.2) is 9.84 Å². The van der Waals surface area contributed by atoms with Crippen LogP contribution in [0.5, 0.6) is 0 Å². The quantitative estimate of drug-likeness (QED) is 0.899. The van der Waals surface area contributed by atoms with E-state index in [-0.39, 0.29) is 36.7 Å². The van der Waals surface area contributed by atoms with Crippen molar-refractivity contribution < 1.29 is 13.2 Å². The van der Waals surface area contributed by atoms with Gasteiger partial charge in [-0.2, -0.15) is 0 Å². The zero-order valence-corrected chi connectivity index (χ0v) is 14.4. The van der Waals surface area contributed by atoms with Crippen molar-refractivity contribution in [1.29, 1.82) is 0 Å². The lowest BCUT2D eigenvalue weighted by Crippen LogP contribution is -2.48. The molecule has 1 heterocycles. The van der Waals surface area contributed by atoms with Crippen molar-refractivity contribution >= 4 is 15.9 Å². The molecule has 0 aromatic heterocycles. The molecule has 0 bridgehead atoms. The van der Waals surface area contributed by atoms with E-state index in [1.807, 2.05) is 6.92 Å². The van der Waals surface area contributed by atoms with E-state index in [9.17, 15) is 13.2 Å². The first-order valence-electron chi connectivity index (χ1n) is 8.32. The van der Waals surface area contributed by atoms with E-state index in [4.69, 9.17) is 0 Å². The first-order valence-corrected chi connectivity index (χ1v) is 10.1. The predicted molar refractivity (Wildman–Crippen MR) is 90.3 cm³/mol. The topological polar surface area (TPSA) is 66.5 Å². The highest BCUT2D eigenvalue weighted by molar-refractivity contribution is 7.91. The smallest absolute Gasteiger partial charge is 0.317 e. The van der Waals surface area contributed by atoms with Crippen LogP contribution in [-0.4, -0.2) is 43.9 Å². The third kappa shape index (κ3) is 3.86. The molecule has 126 valence electrons. The minimum Gasteiger partial charge on any atom is -0.331 e. The summed E-state index contributed by atoms with van der Waals surface area (Å²) in [6, 6.07) is 6.23. The molecule has 1 fully saturated rings. The lowest BCUT2D eigenvalue weighted by molar-refractivity contribution is 0.199. The summed E-state index contributed by atoms with van der Waals surface area (Å²) in [5.74, 6) is 0.126. The molecule has 1 aliphatic carbocycles. The average Bonchev–Trinajstić information content (AvgIpc) is 2.54. The van der Waals surface area contributed by atoms with Crippen LogP contribution in [0, 0.1) is 0 Å². The third-order valence-electron chi connectivity index (χ3n) is 4.84. The largest absolute Gasteiger partial charge is 0.331 e. The number of carbonyl (C=O) groups excluding carboxylic acids is 1. The summed E-state index contributed by atoms with van der Waals surface area (Å²) in [7, 11) is -2.96. The van der Waals surface area contributed by atoms with E-state index in [0.29, 0.717) is 0 Å². The number of hydrogen-bond acceptors (Lipinski definition) is 3. The lowest BCUT2D eigenvalue weighted by atomic mass is 9.89. The van der Waals surface area contributed by atoms with Crippen LogP contribution in [0.1, 0.15) is 42.5 Å². The number of sulfone groups is 1. The Labute approximate surface area is 138 Å². The number of benzene rings is 1. The molecule has 1 aromatic rings. The van der Waals surface area contributed by atoms with Crippen molar-refractivity contribution in [3.05, 3.63) is 34.9 Å². The Morgan fingerprint density at radius 3 is 2.48 bits per heavy atom. The number of aryl methyl sites for hydroxylation is 2. The number of nitrogens with zero attached hydrogens (tertiary/aromatic N) is 1. The maximum Gasteiger partial charge on any atom is 0.317 e. The van der Waals surface area contributed by atoms with Crippen LogP contribution in [0.25, 0.3) is 0 Å². The van der Waals surface area contributed by atoms with Crippen LogP contribution in [0.4, 0.5) is 4.79 Å². The molecule has 1 aromatic carbocycles. The summed E-state index contributed by atoms with van der Waals surface area (Å²) in [5.41, 5.74) is 3.95. The van der Waals surface area contributed by atoms with Gasteiger partial charge in [-0.3, -0.25) is 0 Å². The third-order valence-corrected chi connectivity index (χ3v) is 6.45. The Hall–Kier alpha value is -1.56. The normalized spacial score (nSPS) is 21.3. The van der Waals surface area contributed by atoms with E-state index < -0.39 is 9.84 Å². The maximum atomic E-state index is 12.3. The Kier molecular flexibility index (Phi) is 4.62. The highest BCUT2D eigenvalue weighted by Gasteiger charge is 2.26. The fourth-order valence-corrected chi connectivity index (χ4v) is 4.50. The molecule has 23 heavy (non-hydrogen) atoms. The van der Waals surface area contributed by atoms with E-state index in [1.54, 1.807) is 4.90 Å². The lowest BCUT2D eigenvalue weighted by Gasteiger charge is -2.28. The molecule has 2 aliphatic rings. The van der Waals surface area contributed by atoms with E-state index in [1.165, 1.54) is 24.0 Å². The number of fused-ring (bicyclic) bond motifs is 1. The van der Waals surface area contributed by atoms with Crippen molar-refractivity contribution in [2.75, 3.05) is 24.6 Å². The standard InChI is InChI=1S/C17H24N2O3S/c1-13(15-7-6-14-4-2-3-5-16(14)12-15)18-17(20)19-8-10-23(21,22)11-9-19/h6-7,12-13H,2-5,8-11H2,1H3,(H,18,20)/t13-/m1/s1. The van der Waals surface area contributed by atoms with Crippen LogP contribution in [0.15, 0.2) is 18.2 Å². The summed E-state index contributed by atoms with van der Waals surface area (Å²) >= 11 is 0. The van der Waals surface area contributed by atoms with Gasteiger partial charge in [0.2, 0.25) is 0 Å². The Balaban J connectivity index is 1.62. The van der Waals surface area contributed by atoms with Gasteiger partial charge in [-0.1, -0.05) is 18.2 Å². The Morgan fingerprint density at radius 2 is 1.78 bits per heavy atom. The van der Waals surface area contributed by atoms with Gasteiger partial charge >= 0.3 is 6.03 Å². The van der Waals surface area contributed by atoms with Crippen molar-refractivity contribution in [2.45, 2.75) is 38.6 Å². The number of carbonyl (C=O) groups is 1. The second-order valence-electron chi connectivity index (χ2n) is 6.55.